The number of nitrogens with zero attached hydrogens (tertiary/aromatic N) is 3. The highest BCUT2D eigenvalue weighted by molar-refractivity contribution is 6.02. The average molecular weight is 476 g/mol. The number of hydrogen-bond acceptors (Lipinski definition) is 6. The fourth-order valence-corrected chi connectivity index (χ4v) is 4.71. The Bertz CT molecular complexity index is 1260. The number of aliphatic carboxylic acids is 1. The number of morpholine rings is 1. The van der Waals surface area contributed by atoms with E-state index in [-0.39, 0.29) is 43.7 Å². The average Bonchev–Trinajstić information content (AvgIpc) is 3.39. The quantitative estimate of drug-likeness (QED) is 0.580. The highest BCUT2D eigenvalue weighted by Crippen LogP contribution is 2.44. The van der Waals surface area contributed by atoms with E-state index >= 15 is 0 Å². The van der Waals surface area contributed by atoms with E-state index in [1.165, 1.54) is 15.8 Å². The first-order valence-electron chi connectivity index (χ1n) is 11.2. The van der Waals surface area contributed by atoms with Crippen molar-refractivity contribution in [2.24, 2.45) is 7.05 Å². The molecule has 3 aromatic rings. The number of carbonyl (C=O) groups is 3. The van der Waals surface area contributed by atoms with Crippen molar-refractivity contribution < 1.29 is 29.0 Å². The van der Waals surface area contributed by atoms with Crippen LogP contribution in [0.3, 0.4) is 0 Å². The van der Waals surface area contributed by atoms with E-state index in [1.807, 2.05) is 36.4 Å². The Morgan fingerprint density at radius 1 is 1.11 bits per heavy atom. The molecule has 1 aliphatic carbocycles. The van der Waals surface area contributed by atoms with Gasteiger partial charge in [-0.15, -0.1) is 0 Å². The number of anilines is 1. The molecule has 2 N–H and O–H groups in total. The van der Waals surface area contributed by atoms with Crippen LogP contribution in [0, 0.1) is 0 Å². The van der Waals surface area contributed by atoms with Crippen molar-refractivity contribution >= 4 is 23.7 Å². The number of carboxylic acid groups (broad SMARTS) is 1. The zero-order chi connectivity index (χ0) is 24.5. The van der Waals surface area contributed by atoms with Crippen LogP contribution in [0.5, 0.6) is 0 Å². The summed E-state index contributed by atoms with van der Waals surface area (Å²) in [6.45, 7) is 0.357. The molecule has 0 spiro atoms. The lowest BCUT2D eigenvalue weighted by atomic mass is 9.98. The number of carbonyl (C=O) groups excluding carboxylic acids is 2. The molecule has 2 aliphatic rings. The van der Waals surface area contributed by atoms with Crippen LogP contribution >= 0.6 is 0 Å². The minimum absolute atomic E-state index is 0.0617. The Morgan fingerprint density at radius 3 is 2.43 bits per heavy atom. The lowest BCUT2D eigenvalue weighted by Gasteiger charge is -2.32. The van der Waals surface area contributed by atoms with Crippen molar-refractivity contribution in [2.45, 2.75) is 12.0 Å². The summed E-state index contributed by atoms with van der Waals surface area (Å²) < 4.78 is 12.1. The first kappa shape index (κ1) is 22.6. The number of ether oxygens (including phenoxy) is 2. The number of hydrogen-bond donors (Lipinski definition) is 2. The Kier molecular flexibility index (Phi) is 5.96. The predicted octanol–water partition coefficient (Wildman–Crippen LogP) is 2.71. The number of fused-ring (bicyclic) bond motifs is 3. The standard InChI is InChI=1S/C25H24N4O6/c1-28-22(23(30)29-10-11-34-14-21(29)24(31)32)20(12-26-28)27-25(33)35-13-19-17-8-4-2-6-15(17)16-7-3-5-9-18(16)19/h2-9,12,19,21H,10-11,13-14H2,1H3,(H,27,33)(H,31,32). The number of nitrogens with one attached hydrogen (secondary N) is 1. The maximum absolute atomic E-state index is 13.2. The molecule has 1 fully saturated rings. The fraction of sp³-hybridized carbons (Fsp3) is 0.280. The molecule has 0 radical (unpaired) electrons. The maximum Gasteiger partial charge on any atom is 0.411 e. The molecule has 10 heteroatoms. The first-order valence-corrected chi connectivity index (χ1v) is 11.2. The van der Waals surface area contributed by atoms with Crippen LogP contribution in [0.15, 0.2) is 54.7 Å². The molecule has 180 valence electrons. The molecular weight excluding hydrogens is 452 g/mol. The van der Waals surface area contributed by atoms with Crippen molar-refractivity contribution in [1.29, 1.82) is 0 Å². The minimum atomic E-state index is -1.16. The smallest absolute Gasteiger partial charge is 0.411 e. The second-order valence-corrected chi connectivity index (χ2v) is 8.41. The van der Waals surface area contributed by atoms with E-state index in [1.54, 1.807) is 7.05 Å². The van der Waals surface area contributed by atoms with Gasteiger partial charge in [-0.3, -0.25) is 14.8 Å². The summed E-state index contributed by atoms with van der Waals surface area (Å²) >= 11 is 0. The van der Waals surface area contributed by atoms with Crippen LogP contribution in [0.4, 0.5) is 10.5 Å². The topological polar surface area (TPSA) is 123 Å². The lowest BCUT2D eigenvalue weighted by Crippen LogP contribution is -2.53. The SMILES string of the molecule is Cn1ncc(NC(=O)OCC2c3ccccc3-c3ccccc32)c1C(=O)N1CCOCC1C(=O)O. The van der Waals surface area contributed by atoms with Crippen molar-refractivity contribution in [3.05, 3.63) is 71.5 Å². The molecule has 35 heavy (non-hydrogen) atoms. The zero-order valence-corrected chi connectivity index (χ0v) is 19.0. The Balaban J connectivity index is 1.31. The third kappa shape index (κ3) is 4.12. The van der Waals surface area contributed by atoms with Crippen molar-refractivity contribution in [2.75, 3.05) is 31.7 Å². The predicted molar refractivity (Wildman–Crippen MR) is 125 cm³/mol. The zero-order valence-electron chi connectivity index (χ0n) is 19.0. The van der Waals surface area contributed by atoms with E-state index in [2.05, 4.69) is 22.5 Å². The van der Waals surface area contributed by atoms with Gasteiger partial charge in [0.05, 0.1) is 25.1 Å². The van der Waals surface area contributed by atoms with Gasteiger partial charge in [-0.1, -0.05) is 48.5 Å². The van der Waals surface area contributed by atoms with Crippen LogP contribution in [-0.4, -0.2) is 70.2 Å². The number of benzene rings is 2. The number of carboxylic acids is 1. The molecule has 0 bridgehead atoms. The Morgan fingerprint density at radius 2 is 1.77 bits per heavy atom. The molecule has 2 amide bonds. The van der Waals surface area contributed by atoms with Gasteiger partial charge in [-0.2, -0.15) is 5.10 Å². The Hall–Kier alpha value is -4.18. The number of amides is 2. The Labute approximate surface area is 201 Å². The van der Waals surface area contributed by atoms with Crippen LogP contribution in [0.2, 0.25) is 0 Å². The van der Waals surface area contributed by atoms with Crippen LogP contribution < -0.4 is 5.32 Å². The summed E-state index contributed by atoms with van der Waals surface area (Å²) in [4.78, 5) is 38.7. The summed E-state index contributed by atoms with van der Waals surface area (Å²) in [5.41, 5.74) is 4.63. The second-order valence-electron chi connectivity index (χ2n) is 8.41. The third-order valence-corrected chi connectivity index (χ3v) is 6.40. The van der Waals surface area contributed by atoms with Crippen molar-refractivity contribution in [3.8, 4) is 11.1 Å². The maximum atomic E-state index is 13.2. The van der Waals surface area contributed by atoms with Crippen molar-refractivity contribution in [1.82, 2.24) is 14.7 Å². The van der Waals surface area contributed by atoms with Crippen molar-refractivity contribution in [3.63, 3.8) is 0 Å². The highest BCUT2D eigenvalue weighted by Gasteiger charge is 2.36. The van der Waals surface area contributed by atoms with Gasteiger partial charge in [0.15, 0.2) is 6.04 Å². The molecule has 2 aromatic carbocycles. The molecule has 1 aliphatic heterocycles. The van der Waals surface area contributed by atoms with E-state index in [9.17, 15) is 19.5 Å². The molecule has 1 unspecified atom stereocenters. The van der Waals surface area contributed by atoms with E-state index in [4.69, 9.17) is 9.47 Å². The molecule has 10 nitrogen and oxygen atoms in total. The van der Waals surface area contributed by atoms with E-state index < -0.39 is 24.0 Å². The molecule has 0 saturated carbocycles. The minimum Gasteiger partial charge on any atom is -0.480 e. The number of aromatic nitrogens is 2. The molecule has 1 atom stereocenters. The summed E-state index contributed by atoms with van der Waals surface area (Å²) in [6, 6.07) is 14.9. The van der Waals surface area contributed by atoms with Crippen LogP contribution in [-0.2, 0) is 21.3 Å². The second kappa shape index (κ2) is 9.22. The molecular formula is C25H24N4O6. The van der Waals surface area contributed by atoms with E-state index in [0.29, 0.717) is 0 Å². The van der Waals surface area contributed by atoms with Gasteiger partial charge in [-0.05, 0) is 22.3 Å². The normalized spacial score (nSPS) is 16.9. The van der Waals surface area contributed by atoms with Gasteiger partial charge in [0.2, 0.25) is 0 Å². The molecule has 1 aromatic heterocycles. The summed E-state index contributed by atoms with van der Waals surface area (Å²) in [5.74, 6) is -1.83. The lowest BCUT2D eigenvalue weighted by molar-refractivity contribution is -0.147. The summed E-state index contributed by atoms with van der Waals surface area (Å²) in [6.07, 6.45) is 0.607. The van der Waals surface area contributed by atoms with Gasteiger partial charge in [0.1, 0.15) is 12.3 Å². The van der Waals surface area contributed by atoms with Gasteiger partial charge in [-0.25, -0.2) is 9.59 Å². The monoisotopic (exact) mass is 476 g/mol. The van der Waals surface area contributed by atoms with Crippen LogP contribution in [0.25, 0.3) is 11.1 Å². The highest BCUT2D eigenvalue weighted by atomic mass is 16.5. The van der Waals surface area contributed by atoms with E-state index in [0.717, 1.165) is 22.3 Å². The van der Waals surface area contributed by atoms with Gasteiger partial charge < -0.3 is 19.5 Å². The third-order valence-electron chi connectivity index (χ3n) is 6.40. The molecule has 5 rings (SSSR count). The molecule has 2 heterocycles. The first-order chi connectivity index (χ1) is 17.0. The van der Waals surface area contributed by atoms with Gasteiger partial charge in [0.25, 0.3) is 5.91 Å². The summed E-state index contributed by atoms with van der Waals surface area (Å²) in [7, 11) is 1.55. The van der Waals surface area contributed by atoms with Crippen LogP contribution in [0.1, 0.15) is 27.5 Å². The largest absolute Gasteiger partial charge is 0.480 e. The number of aryl methyl sites for hydroxylation is 1. The number of rotatable bonds is 5. The summed E-state index contributed by atoms with van der Waals surface area (Å²) in [5, 5.41) is 16.1. The fourth-order valence-electron chi connectivity index (χ4n) is 4.71. The van der Waals surface area contributed by atoms with Gasteiger partial charge >= 0.3 is 12.1 Å². The molecule has 1 saturated heterocycles. The van der Waals surface area contributed by atoms with Gasteiger partial charge in [0, 0.05) is 19.5 Å².